The molecule has 0 aliphatic carbocycles. The van der Waals surface area contributed by atoms with Gasteiger partial charge in [-0.3, -0.25) is 14.2 Å². The number of primary amides is 1. The summed E-state index contributed by atoms with van der Waals surface area (Å²) in [6.45, 7) is 2.70. The van der Waals surface area contributed by atoms with Crippen LogP contribution in [0.2, 0.25) is 0 Å². The van der Waals surface area contributed by atoms with Crippen LogP contribution in [0.5, 0.6) is 5.75 Å². The Hall–Kier alpha value is -1.93. The molecule has 0 aromatic carbocycles. The molecule has 8 heteroatoms. The van der Waals surface area contributed by atoms with Crippen LogP contribution in [0.1, 0.15) is 29.2 Å². The van der Waals surface area contributed by atoms with Gasteiger partial charge in [-0.2, -0.15) is 0 Å². The summed E-state index contributed by atoms with van der Waals surface area (Å²) in [4.78, 5) is 28.0. The summed E-state index contributed by atoms with van der Waals surface area (Å²) in [7, 11) is 0. The van der Waals surface area contributed by atoms with E-state index in [2.05, 4.69) is 10.3 Å². The Morgan fingerprint density at radius 2 is 2.14 bits per heavy atom. The highest BCUT2D eigenvalue weighted by molar-refractivity contribution is 5.93. The lowest BCUT2D eigenvalue weighted by Gasteiger charge is -2.36. The van der Waals surface area contributed by atoms with Gasteiger partial charge in [0.05, 0.1) is 25.2 Å². The second-order valence-electron chi connectivity index (χ2n) is 5.54. The molecule has 4 N–H and O–H groups in total. The van der Waals surface area contributed by atoms with Gasteiger partial charge in [0, 0.05) is 0 Å². The molecule has 114 valence electrons. The highest BCUT2D eigenvalue weighted by atomic mass is 16.5. The van der Waals surface area contributed by atoms with E-state index in [1.807, 2.05) is 0 Å². The number of piperidine rings is 1. The number of aromatic nitrogens is 2. The molecule has 1 aromatic heterocycles. The lowest BCUT2D eigenvalue weighted by Crippen LogP contribution is -2.46. The third-order valence-corrected chi connectivity index (χ3v) is 4.25. The molecule has 1 saturated heterocycles. The van der Waals surface area contributed by atoms with Crippen LogP contribution in [0.3, 0.4) is 0 Å². The van der Waals surface area contributed by atoms with Gasteiger partial charge < -0.3 is 20.9 Å². The van der Waals surface area contributed by atoms with Crippen molar-refractivity contribution in [3.63, 3.8) is 0 Å². The zero-order valence-corrected chi connectivity index (χ0v) is 11.6. The average Bonchev–Trinajstić information content (AvgIpc) is 2.64. The lowest BCUT2D eigenvalue weighted by molar-refractivity contribution is 0.0755. The Morgan fingerprint density at radius 3 is 2.81 bits per heavy atom. The number of amides is 1. The Kier molecular flexibility index (Phi) is 3.42. The summed E-state index contributed by atoms with van der Waals surface area (Å²) in [6.07, 6.45) is 1.50. The van der Waals surface area contributed by atoms with Gasteiger partial charge in [0.1, 0.15) is 5.82 Å². The van der Waals surface area contributed by atoms with Gasteiger partial charge in [-0.05, 0) is 25.9 Å². The minimum Gasteiger partial charge on any atom is -0.501 e. The fraction of sp³-hybridized carbons (Fsp3) is 0.615. The van der Waals surface area contributed by atoms with Crippen LogP contribution in [-0.4, -0.2) is 46.9 Å². The van der Waals surface area contributed by atoms with Gasteiger partial charge in [-0.25, -0.2) is 4.98 Å². The number of nitrogens with two attached hydrogens (primary N) is 1. The molecule has 21 heavy (non-hydrogen) atoms. The minimum absolute atomic E-state index is 0.308. The van der Waals surface area contributed by atoms with Crippen molar-refractivity contribution in [3.05, 3.63) is 21.9 Å². The highest BCUT2D eigenvalue weighted by Gasteiger charge is 2.41. The van der Waals surface area contributed by atoms with Gasteiger partial charge in [0.2, 0.25) is 5.75 Å². The predicted octanol–water partition coefficient (Wildman–Crippen LogP) is -1.30. The van der Waals surface area contributed by atoms with Gasteiger partial charge in [-0.1, -0.05) is 0 Å². The van der Waals surface area contributed by atoms with Crippen LogP contribution in [0.25, 0.3) is 0 Å². The summed E-state index contributed by atoms with van der Waals surface area (Å²) < 4.78 is 7.06. The number of hydrogen-bond donors (Lipinski definition) is 3. The van der Waals surface area contributed by atoms with E-state index in [0.717, 1.165) is 25.9 Å². The van der Waals surface area contributed by atoms with E-state index in [4.69, 9.17) is 10.5 Å². The summed E-state index contributed by atoms with van der Waals surface area (Å²) in [6, 6.07) is 0. The molecule has 0 atom stereocenters. The minimum atomic E-state index is -0.901. The van der Waals surface area contributed by atoms with E-state index in [-0.39, 0.29) is 5.69 Å². The van der Waals surface area contributed by atoms with Crippen molar-refractivity contribution in [2.45, 2.75) is 24.8 Å². The van der Waals surface area contributed by atoms with Crippen molar-refractivity contribution >= 4 is 5.91 Å². The monoisotopic (exact) mass is 294 g/mol. The summed E-state index contributed by atoms with van der Waals surface area (Å²) in [5.41, 5.74) is 3.82. The first-order valence-corrected chi connectivity index (χ1v) is 6.98. The maximum absolute atomic E-state index is 12.3. The van der Waals surface area contributed by atoms with Crippen molar-refractivity contribution in [1.29, 1.82) is 0 Å². The molecule has 3 rings (SSSR count). The predicted molar refractivity (Wildman–Crippen MR) is 73.3 cm³/mol. The number of carbonyl (C=O) groups excluding carboxylic acids is 1. The van der Waals surface area contributed by atoms with Crippen molar-refractivity contribution in [2.75, 3.05) is 26.3 Å². The number of carbonyl (C=O) groups is 1. The normalized spacial score (nSPS) is 20.8. The first-order valence-electron chi connectivity index (χ1n) is 6.98. The van der Waals surface area contributed by atoms with Gasteiger partial charge >= 0.3 is 0 Å². The number of rotatable bonds is 1. The zero-order chi connectivity index (χ0) is 15.0. The van der Waals surface area contributed by atoms with Gasteiger partial charge in [0.15, 0.2) is 5.69 Å². The SMILES string of the molecule is NC(=O)c1nc2n(c(=O)c1O)CCOCC21CCNCC1. The van der Waals surface area contributed by atoms with Crippen LogP contribution in [0.15, 0.2) is 4.79 Å². The average molecular weight is 294 g/mol. The van der Waals surface area contributed by atoms with Crippen LogP contribution < -0.4 is 16.6 Å². The molecule has 0 radical (unpaired) electrons. The van der Waals surface area contributed by atoms with Crippen molar-refractivity contribution in [2.24, 2.45) is 5.73 Å². The molecule has 0 saturated carbocycles. The van der Waals surface area contributed by atoms with E-state index in [0.29, 0.717) is 25.6 Å². The van der Waals surface area contributed by atoms with E-state index >= 15 is 0 Å². The number of nitrogens with zero attached hydrogens (tertiary/aromatic N) is 2. The summed E-state index contributed by atoms with van der Waals surface area (Å²) in [5.74, 6) is -1.09. The third kappa shape index (κ3) is 2.20. The second-order valence-corrected chi connectivity index (χ2v) is 5.54. The topological polar surface area (TPSA) is 119 Å². The standard InChI is InChI=1S/C13H18N4O4/c14-10(19)8-9(18)11(20)17-5-6-21-7-13(12(17)16-8)1-3-15-4-2-13/h15,18H,1-7H2,(H2,14,19). The maximum atomic E-state index is 12.3. The molecule has 2 aliphatic heterocycles. The van der Waals surface area contributed by atoms with E-state index in [1.54, 1.807) is 0 Å². The number of ether oxygens (including phenoxy) is 1. The Labute approximate surface area is 120 Å². The Balaban J connectivity index is 2.24. The van der Waals surface area contributed by atoms with Crippen molar-refractivity contribution < 1.29 is 14.6 Å². The molecule has 0 unspecified atom stereocenters. The van der Waals surface area contributed by atoms with Gasteiger partial charge in [0.25, 0.3) is 11.5 Å². The lowest BCUT2D eigenvalue weighted by atomic mass is 9.78. The summed E-state index contributed by atoms with van der Waals surface area (Å²) >= 11 is 0. The fourth-order valence-corrected chi connectivity index (χ4v) is 3.09. The molecule has 1 amide bonds. The largest absolute Gasteiger partial charge is 0.501 e. The number of aromatic hydroxyl groups is 1. The van der Waals surface area contributed by atoms with E-state index in [9.17, 15) is 14.7 Å². The molecule has 0 bridgehead atoms. The van der Waals surface area contributed by atoms with Gasteiger partial charge in [-0.15, -0.1) is 0 Å². The molecule has 1 aromatic rings. The first-order chi connectivity index (χ1) is 10.1. The molecule has 2 aliphatic rings. The third-order valence-electron chi connectivity index (χ3n) is 4.25. The Bertz CT molecular complexity index is 634. The molecule has 8 nitrogen and oxygen atoms in total. The molecule has 1 fully saturated rings. The maximum Gasteiger partial charge on any atom is 0.296 e. The number of nitrogens with one attached hydrogen (secondary N) is 1. The second kappa shape index (κ2) is 5.12. The zero-order valence-electron chi connectivity index (χ0n) is 11.6. The first kappa shape index (κ1) is 14.0. The number of fused-ring (bicyclic) bond motifs is 2. The Morgan fingerprint density at radius 1 is 1.43 bits per heavy atom. The summed E-state index contributed by atoms with van der Waals surface area (Å²) in [5, 5.41) is 13.1. The van der Waals surface area contributed by atoms with Crippen LogP contribution in [0, 0.1) is 0 Å². The van der Waals surface area contributed by atoms with Crippen LogP contribution in [-0.2, 0) is 16.7 Å². The number of hydrogen-bond acceptors (Lipinski definition) is 6. The molecule has 3 heterocycles. The highest BCUT2D eigenvalue weighted by Crippen LogP contribution is 2.34. The molecular formula is C13H18N4O4. The van der Waals surface area contributed by atoms with Crippen LogP contribution in [0.4, 0.5) is 0 Å². The van der Waals surface area contributed by atoms with Crippen molar-refractivity contribution in [1.82, 2.24) is 14.9 Å². The van der Waals surface area contributed by atoms with E-state index in [1.165, 1.54) is 4.57 Å². The van der Waals surface area contributed by atoms with Crippen molar-refractivity contribution in [3.8, 4) is 5.75 Å². The fourth-order valence-electron chi connectivity index (χ4n) is 3.09. The molecule has 1 spiro atoms. The quantitative estimate of drug-likeness (QED) is 0.592. The van der Waals surface area contributed by atoms with E-state index < -0.39 is 22.6 Å². The molecular weight excluding hydrogens is 276 g/mol. The van der Waals surface area contributed by atoms with Crippen LogP contribution >= 0.6 is 0 Å². The smallest absolute Gasteiger partial charge is 0.296 e.